The number of fused-ring (bicyclic) bond motifs is 1. The van der Waals surface area contributed by atoms with Crippen molar-refractivity contribution in [1.29, 1.82) is 0 Å². The molecular weight excluding hydrogens is 330 g/mol. The van der Waals surface area contributed by atoms with Gasteiger partial charge >= 0.3 is 0 Å². The van der Waals surface area contributed by atoms with E-state index in [1.54, 1.807) is 15.7 Å². The normalized spacial score (nSPS) is 11.2. The van der Waals surface area contributed by atoms with Crippen molar-refractivity contribution >= 4 is 11.0 Å². The fourth-order valence-electron chi connectivity index (χ4n) is 2.79. The monoisotopic (exact) mass is 349 g/mol. The fourth-order valence-corrected chi connectivity index (χ4v) is 2.79. The van der Waals surface area contributed by atoms with Gasteiger partial charge in [0.1, 0.15) is 29.1 Å². The van der Waals surface area contributed by atoms with Gasteiger partial charge in [-0.1, -0.05) is 18.2 Å². The molecule has 0 amide bonds. The summed E-state index contributed by atoms with van der Waals surface area (Å²) in [6.07, 6.45) is 2.31. The summed E-state index contributed by atoms with van der Waals surface area (Å²) in [6.45, 7) is 0.479. The van der Waals surface area contributed by atoms with Gasteiger partial charge in [-0.3, -0.25) is 4.68 Å². The van der Waals surface area contributed by atoms with Gasteiger partial charge in [0.15, 0.2) is 0 Å². The van der Waals surface area contributed by atoms with Crippen LogP contribution in [0.1, 0.15) is 11.3 Å². The molecule has 7 nitrogen and oxygen atoms in total. The molecule has 2 aromatic carbocycles. The number of aryl methyl sites for hydroxylation is 1. The maximum Gasteiger partial charge on any atom is 0.147 e. The number of hydrogen-bond donors (Lipinski definition) is 1. The van der Waals surface area contributed by atoms with Gasteiger partial charge < -0.3 is 9.84 Å². The van der Waals surface area contributed by atoms with Crippen molar-refractivity contribution in [2.75, 3.05) is 6.61 Å². The first-order valence-corrected chi connectivity index (χ1v) is 8.40. The van der Waals surface area contributed by atoms with Gasteiger partial charge in [0, 0.05) is 19.9 Å². The second kappa shape index (κ2) is 6.97. The highest BCUT2D eigenvalue weighted by molar-refractivity contribution is 5.73. The Hall–Kier alpha value is -3.19. The molecule has 0 radical (unpaired) electrons. The Morgan fingerprint density at radius 3 is 2.46 bits per heavy atom. The zero-order chi connectivity index (χ0) is 17.9. The molecule has 0 atom stereocenters. The Bertz CT molecular complexity index is 1000. The number of ether oxygens (including phenoxy) is 1. The SMILES string of the molecule is Cn1nccc1COc1ccc(CCO)cc1-n1nc2ccccc2n1. The largest absolute Gasteiger partial charge is 0.485 e. The third-order valence-corrected chi connectivity index (χ3v) is 4.22. The molecule has 0 aliphatic carbocycles. The Morgan fingerprint density at radius 1 is 1.04 bits per heavy atom. The van der Waals surface area contributed by atoms with Crippen molar-refractivity contribution in [3.8, 4) is 11.4 Å². The molecule has 26 heavy (non-hydrogen) atoms. The first kappa shape index (κ1) is 16.3. The van der Waals surface area contributed by atoms with Crippen LogP contribution in [0.5, 0.6) is 5.75 Å². The minimum atomic E-state index is 0.0865. The van der Waals surface area contributed by atoms with E-state index >= 15 is 0 Å². The van der Waals surface area contributed by atoms with Crippen LogP contribution in [0, 0.1) is 0 Å². The molecule has 0 saturated heterocycles. The lowest BCUT2D eigenvalue weighted by atomic mass is 10.1. The number of aliphatic hydroxyl groups excluding tert-OH is 1. The van der Waals surface area contributed by atoms with Crippen molar-refractivity contribution in [2.45, 2.75) is 13.0 Å². The molecule has 4 aromatic rings. The molecule has 2 aromatic heterocycles. The molecule has 0 aliphatic rings. The van der Waals surface area contributed by atoms with Crippen LogP contribution in [-0.2, 0) is 20.1 Å². The summed E-state index contributed by atoms with van der Waals surface area (Å²) >= 11 is 0. The van der Waals surface area contributed by atoms with E-state index in [4.69, 9.17) is 4.74 Å². The second-order valence-electron chi connectivity index (χ2n) is 5.99. The average Bonchev–Trinajstić information content (AvgIpc) is 3.26. The Balaban J connectivity index is 1.72. The van der Waals surface area contributed by atoms with E-state index in [0.717, 1.165) is 28.0 Å². The van der Waals surface area contributed by atoms with Gasteiger partial charge in [0.2, 0.25) is 0 Å². The second-order valence-corrected chi connectivity index (χ2v) is 5.99. The summed E-state index contributed by atoms with van der Waals surface area (Å²) in [7, 11) is 1.88. The summed E-state index contributed by atoms with van der Waals surface area (Å²) in [6, 6.07) is 15.4. The van der Waals surface area contributed by atoms with Gasteiger partial charge in [-0.2, -0.15) is 5.10 Å². The molecular formula is C19H19N5O2. The molecule has 0 aliphatic heterocycles. The Morgan fingerprint density at radius 2 is 1.81 bits per heavy atom. The number of benzene rings is 2. The molecule has 2 heterocycles. The highest BCUT2D eigenvalue weighted by atomic mass is 16.5. The van der Waals surface area contributed by atoms with Gasteiger partial charge in [-0.25, -0.2) is 0 Å². The van der Waals surface area contributed by atoms with Crippen LogP contribution in [0.3, 0.4) is 0 Å². The van der Waals surface area contributed by atoms with Crippen LogP contribution in [0.2, 0.25) is 0 Å². The van der Waals surface area contributed by atoms with E-state index in [2.05, 4.69) is 15.3 Å². The summed E-state index contributed by atoms with van der Waals surface area (Å²) in [5.74, 6) is 0.674. The number of rotatable bonds is 6. The van der Waals surface area contributed by atoms with E-state index in [1.807, 2.05) is 55.6 Å². The fraction of sp³-hybridized carbons (Fsp3) is 0.211. The minimum absolute atomic E-state index is 0.0865. The number of aromatic nitrogens is 5. The zero-order valence-corrected chi connectivity index (χ0v) is 14.4. The topological polar surface area (TPSA) is 78.0 Å². The van der Waals surface area contributed by atoms with Crippen molar-refractivity contribution in [3.05, 3.63) is 66.0 Å². The summed E-state index contributed by atoms with van der Waals surface area (Å²) in [4.78, 5) is 1.59. The van der Waals surface area contributed by atoms with Gasteiger partial charge in [-0.05, 0) is 42.3 Å². The molecule has 0 saturated carbocycles. The van der Waals surface area contributed by atoms with Crippen LogP contribution >= 0.6 is 0 Å². The number of aliphatic hydroxyl groups is 1. The van der Waals surface area contributed by atoms with Crippen molar-refractivity contribution < 1.29 is 9.84 Å². The van der Waals surface area contributed by atoms with E-state index in [0.29, 0.717) is 18.8 Å². The molecule has 1 N–H and O–H groups in total. The lowest BCUT2D eigenvalue weighted by Gasteiger charge is -2.12. The third kappa shape index (κ3) is 3.16. The summed E-state index contributed by atoms with van der Waals surface area (Å²) < 4.78 is 7.80. The Kier molecular flexibility index (Phi) is 4.37. The third-order valence-electron chi connectivity index (χ3n) is 4.22. The first-order chi connectivity index (χ1) is 12.7. The van der Waals surface area contributed by atoms with Crippen LogP contribution in [0.4, 0.5) is 0 Å². The highest BCUT2D eigenvalue weighted by Gasteiger charge is 2.12. The maximum atomic E-state index is 9.24. The highest BCUT2D eigenvalue weighted by Crippen LogP contribution is 2.25. The lowest BCUT2D eigenvalue weighted by Crippen LogP contribution is -2.07. The Labute approximate surface area is 150 Å². The average molecular weight is 349 g/mol. The van der Waals surface area contributed by atoms with E-state index in [9.17, 15) is 5.11 Å². The summed E-state index contributed by atoms with van der Waals surface area (Å²) in [5.41, 5.74) is 4.34. The number of hydrogen-bond acceptors (Lipinski definition) is 5. The molecule has 0 spiro atoms. The van der Waals surface area contributed by atoms with E-state index in [1.165, 1.54) is 0 Å². The lowest BCUT2D eigenvalue weighted by molar-refractivity contribution is 0.291. The predicted octanol–water partition coefficient (Wildman–Crippen LogP) is 2.27. The van der Waals surface area contributed by atoms with Gasteiger partial charge in [-0.15, -0.1) is 15.0 Å². The smallest absolute Gasteiger partial charge is 0.147 e. The predicted molar refractivity (Wildman–Crippen MR) is 97.2 cm³/mol. The maximum absolute atomic E-state index is 9.24. The van der Waals surface area contributed by atoms with Crippen LogP contribution in [0.15, 0.2) is 54.7 Å². The molecule has 132 valence electrons. The summed E-state index contributed by atoms with van der Waals surface area (Å²) in [5, 5.41) is 22.5. The van der Waals surface area contributed by atoms with Crippen LogP contribution in [0.25, 0.3) is 16.7 Å². The van der Waals surface area contributed by atoms with Crippen molar-refractivity contribution in [1.82, 2.24) is 24.8 Å². The minimum Gasteiger partial charge on any atom is -0.485 e. The molecule has 0 fully saturated rings. The molecule has 4 rings (SSSR count). The van der Waals surface area contributed by atoms with Crippen molar-refractivity contribution in [3.63, 3.8) is 0 Å². The zero-order valence-electron chi connectivity index (χ0n) is 14.4. The number of nitrogens with zero attached hydrogens (tertiary/aromatic N) is 5. The van der Waals surface area contributed by atoms with Crippen LogP contribution in [-0.4, -0.2) is 36.5 Å². The standard InChI is InChI=1S/C19H19N5O2/c1-23-15(8-10-20-23)13-26-19-7-6-14(9-11-25)12-18(19)24-21-16-4-2-3-5-17(16)22-24/h2-8,10,12,25H,9,11,13H2,1H3. The van der Waals surface area contributed by atoms with E-state index < -0.39 is 0 Å². The molecule has 0 bridgehead atoms. The van der Waals surface area contributed by atoms with E-state index in [-0.39, 0.29) is 6.61 Å². The van der Waals surface area contributed by atoms with Gasteiger partial charge in [0.05, 0.1) is 5.69 Å². The quantitative estimate of drug-likeness (QED) is 0.578. The van der Waals surface area contributed by atoms with Gasteiger partial charge in [0.25, 0.3) is 0 Å². The molecule has 0 unspecified atom stereocenters. The first-order valence-electron chi connectivity index (χ1n) is 8.40. The van der Waals surface area contributed by atoms with Crippen LogP contribution < -0.4 is 4.74 Å². The van der Waals surface area contributed by atoms with Crippen molar-refractivity contribution in [2.24, 2.45) is 7.05 Å². The molecule has 7 heteroatoms.